The number of hydrogen-bond acceptors (Lipinski definition) is 13. The van der Waals surface area contributed by atoms with Crippen LogP contribution in [0.3, 0.4) is 0 Å². The third-order valence-corrected chi connectivity index (χ3v) is 9.80. The second-order valence-electron chi connectivity index (χ2n) is 12.7. The molecule has 3 aliphatic heterocycles. The summed E-state index contributed by atoms with van der Waals surface area (Å²) in [5.41, 5.74) is 1.94. The Labute approximate surface area is 289 Å². The van der Waals surface area contributed by atoms with E-state index < -0.39 is 35.7 Å². The Balaban J connectivity index is 1.20. The SMILES string of the molecule is COC(=O)[C@@H]1C[C@H](Oc2ncc(-c3cccnc3OC)cc2N2CCOC3(COC3)[C@H]2C)CN1c1nc(C(F)(F)F)nc2c1oc1ccccc12. The number of fused-ring (bicyclic) bond motifs is 3. The zero-order valence-electron chi connectivity index (χ0n) is 27.8. The number of para-hydroxylation sites is 1. The van der Waals surface area contributed by atoms with Gasteiger partial charge in [-0.25, -0.2) is 24.7 Å². The molecule has 1 spiro atoms. The Morgan fingerprint density at radius 1 is 1.04 bits per heavy atom. The lowest BCUT2D eigenvalue weighted by Crippen LogP contribution is -2.68. The standard InChI is InChI=1S/C35H33F3N6O7/c1-19-34(17-48-18-34)49-12-11-43(19)24-13-20(22-8-6-10-39-30(22)46-2)15-40-31(24)50-21-14-25(32(45)47-3)44(16-21)29-28-27(41-33(42-29)35(36,37)38)23-7-4-5-9-26(23)51-28/h4-10,13,15,19,21,25H,11-12,14,16-18H2,1-3H3/t19-,21+,25+/m1/s1. The van der Waals surface area contributed by atoms with Crippen LogP contribution in [-0.4, -0.2) is 96.8 Å². The smallest absolute Gasteiger partial charge is 0.451 e. The molecule has 16 heteroatoms. The summed E-state index contributed by atoms with van der Waals surface area (Å²) in [4.78, 5) is 33.7. The molecule has 51 heavy (non-hydrogen) atoms. The van der Waals surface area contributed by atoms with E-state index in [0.717, 1.165) is 11.1 Å². The third-order valence-electron chi connectivity index (χ3n) is 9.80. The second kappa shape index (κ2) is 12.5. The average Bonchev–Trinajstić information content (AvgIpc) is 3.72. The van der Waals surface area contributed by atoms with Gasteiger partial charge in [0.1, 0.15) is 34.5 Å². The highest BCUT2D eigenvalue weighted by molar-refractivity contribution is 6.06. The molecule has 3 fully saturated rings. The second-order valence-corrected chi connectivity index (χ2v) is 12.7. The number of carbonyl (C=O) groups excluding carboxylic acids is 1. The molecule has 0 aliphatic carbocycles. The van der Waals surface area contributed by atoms with Crippen LogP contribution in [0, 0.1) is 0 Å². The van der Waals surface area contributed by atoms with Crippen molar-refractivity contribution >= 4 is 39.5 Å². The van der Waals surface area contributed by atoms with Crippen LogP contribution >= 0.6 is 0 Å². The Morgan fingerprint density at radius 2 is 1.86 bits per heavy atom. The molecule has 3 atom stereocenters. The maximum atomic E-state index is 14.2. The Hall–Kier alpha value is -5.22. The normalized spacial score (nSPS) is 21.6. The molecular formula is C35H33F3N6O7. The number of pyridine rings is 2. The first-order chi connectivity index (χ1) is 24.6. The first-order valence-electron chi connectivity index (χ1n) is 16.4. The molecule has 4 aromatic heterocycles. The molecule has 13 nitrogen and oxygen atoms in total. The van der Waals surface area contributed by atoms with Gasteiger partial charge in [-0.15, -0.1) is 0 Å². The predicted octanol–water partition coefficient (Wildman–Crippen LogP) is 5.05. The van der Waals surface area contributed by atoms with Gasteiger partial charge in [0.15, 0.2) is 11.4 Å². The zero-order valence-corrected chi connectivity index (χ0v) is 27.8. The minimum absolute atomic E-state index is 0.0162. The molecule has 3 aliphatic rings. The summed E-state index contributed by atoms with van der Waals surface area (Å²) in [5, 5.41) is 0.386. The van der Waals surface area contributed by atoms with Crippen LogP contribution in [0.4, 0.5) is 24.7 Å². The van der Waals surface area contributed by atoms with Gasteiger partial charge in [-0.1, -0.05) is 12.1 Å². The number of esters is 1. The van der Waals surface area contributed by atoms with Crippen molar-refractivity contribution in [2.24, 2.45) is 0 Å². The molecule has 0 bridgehead atoms. The minimum atomic E-state index is -4.87. The number of anilines is 2. The lowest BCUT2D eigenvalue weighted by atomic mass is 9.90. The third kappa shape index (κ3) is 5.62. The Morgan fingerprint density at radius 3 is 2.61 bits per heavy atom. The summed E-state index contributed by atoms with van der Waals surface area (Å²) >= 11 is 0. The molecule has 0 N–H and O–H groups in total. The summed E-state index contributed by atoms with van der Waals surface area (Å²) in [6, 6.07) is 11.1. The number of nitrogens with zero attached hydrogens (tertiary/aromatic N) is 6. The number of carbonyl (C=O) groups is 1. The topological polar surface area (TPSA) is 134 Å². The van der Waals surface area contributed by atoms with Crippen LogP contribution < -0.4 is 19.3 Å². The molecule has 8 rings (SSSR count). The van der Waals surface area contributed by atoms with Crippen molar-refractivity contribution in [1.82, 2.24) is 19.9 Å². The maximum absolute atomic E-state index is 14.2. The predicted molar refractivity (Wildman–Crippen MR) is 177 cm³/mol. The van der Waals surface area contributed by atoms with Crippen LogP contribution in [0.25, 0.3) is 33.2 Å². The van der Waals surface area contributed by atoms with Gasteiger partial charge in [0, 0.05) is 41.9 Å². The molecule has 5 aromatic rings. The summed E-state index contributed by atoms with van der Waals surface area (Å²) in [5.74, 6) is -1.52. The number of ether oxygens (including phenoxy) is 5. The molecule has 7 heterocycles. The van der Waals surface area contributed by atoms with Gasteiger partial charge in [0.05, 0.1) is 46.6 Å². The minimum Gasteiger partial charge on any atom is -0.481 e. The molecule has 0 amide bonds. The van der Waals surface area contributed by atoms with Gasteiger partial charge in [0.2, 0.25) is 17.6 Å². The first-order valence-corrected chi connectivity index (χ1v) is 16.4. The molecule has 0 saturated carbocycles. The molecule has 3 saturated heterocycles. The largest absolute Gasteiger partial charge is 0.481 e. The van der Waals surface area contributed by atoms with Crippen molar-refractivity contribution in [3.63, 3.8) is 0 Å². The van der Waals surface area contributed by atoms with Gasteiger partial charge >= 0.3 is 12.1 Å². The molecule has 0 radical (unpaired) electrons. The number of methoxy groups -OCH3 is 2. The highest BCUT2D eigenvalue weighted by Crippen LogP contribution is 2.43. The van der Waals surface area contributed by atoms with Gasteiger partial charge in [0.25, 0.3) is 0 Å². The van der Waals surface area contributed by atoms with E-state index >= 15 is 0 Å². The Kier molecular flexibility index (Phi) is 8.09. The summed E-state index contributed by atoms with van der Waals surface area (Å²) in [6.07, 6.45) is -2.24. The van der Waals surface area contributed by atoms with Crippen LogP contribution in [0.5, 0.6) is 11.8 Å². The van der Waals surface area contributed by atoms with E-state index in [1.165, 1.54) is 12.0 Å². The summed E-state index contributed by atoms with van der Waals surface area (Å²) < 4.78 is 77.5. The lowest BCUT2D eigenvalue weighted by molar-refractivity contribution is -0.228. The van der Waals surface area contributed by atoms with Crippen molar-refractivity contribution in [2.45, 2.75) is 43.3 Å². The lowest BCUT2D eigenvalue weighted by Gasteiger charge is -2.53. The number of aromatic nitrogens is 4. The molecule has 0 unspecified atom stereocenters. The highest BCUT2D eigenvalue weighted by atomic mass is 19.4. The number of rotatable bonds is 7. The molecule has 1 aromatic carbocycles. The quantitative estimate of drug-likeness (QED) is 0.209. The number of morpholine rings is 1. The number of halogens is 3. The maximum Gasteiger partial charge on any atom is 0.451 e. The van der Waals surface area contributed by atoms with Gasteiger partial charge < -0.3 is 37.9 Å². The van der Waals surface area contributed by atoms with Gasteiger partial charge in [-0.05, 0) is 37.3 Å². The fraction of sp³-hybridized carbons (Fsp3) is 0.400. The number of alkyl halides is 3. The van der Waals surface area contributed by atoms with E-state index in [-0.39, 0.29) is 41.8 Å². The van der Waals surface area contributed by atoms with Crippen molar-refractivity contribution < 1.29 is 46.1 Å². The van der Waals surface area contributed by atoms with E-state index in [1.54, 1.807) is 49.8 Å². The number of hydrogen-bond donors (Lipinski definition) is 0. The van der Waals surface area contributed by atoms with Gasteiger partial charge in [-0.2, -0.15) is 13.2 Å². The molecule has 266 valence electrons. The van der Waals surface area contributed by atoms with Crippen molar-refractivity contribution in [3.8, 4) is 22.9 Å². The van der Waals surface area contributed by atoms with E-state index in [9.17, 15) is 18.0 Å². The summed E-state index contributed by atoms with van der Waals surface area (Å²) in [6.45, 7) is 3.88. The van der Waals surface area contributed by atoms with E-state index in [4.69, 9.17) is 33.1 Å². The van der Waals surface area contributed by atoms with Crippen molar-refractivity contribution in [3.05, 3.63) is 60.7 Å². The van der Waals surface area contributed by atoms with E-state index in [1.807, 2.05) is 12.1 Å². The van der Waals surface area contributed by atoms with E-state index in [0.29, 0.717) is 48.9 Å². The fourth-order valence-corrected chi connectivity index (χ4v) is 7.09. The highest BCUT2D eigenvalue weighted by Gasteiger charge is 2.51. The van der Waals surface area contributed by atoms with Crippen LogP contribution in [0.2, 0.25) is 0 Å². The number of furan rings is 1. The number of benzene rings is 1. The van der Waals surface area contributed by atoms with E-state index in [2.05, 4.69) is 26.8 Å². The monoisotopic (exact) mass is 706 g/mol. The average molecular weight is 707 g/mol. The van der Waals surface area contributed by atoms with Crippen LogP contribution in [-0.2, 0) is 25.2 Å². The van der Waals surface area contributed by atoms with Crippen LogP contribution in [0.15, 0.2) is 59.3 Å². The van der Waals surface area contributed by atoms with Crippen LogP contribution in [0.1, 0.15) is 19.2 Å². The van der Waals surface area contributed by atoms with Crippen molar-refractivity contribution in [2.75, 3.05) is 56.9 Å². The van der Waals surface area contributed by atoms with Crippen molar-refractivity contribution in [1.29, 1.82) is 0 Å². The molecular weight excluding hydrogens is 673 g/mol. The Bertz CT molecular complexity index is 2120. The van der Waals surface area contributed by atoms with Gasteiger partial charge in [-0.3, -0.25) is 0 Å². The summed E-state index contributed by atoms with van der Waals surface area (Å²) in [7, 11) is 2.76. The fourth-order valence-electron chi connectivity index (χ4n) is 7.09. The first kappa shape index (κ1) is 33.0. The zero-order chi connectivity index (χ0) is 35.5.